The molecule has 0 amide bonds. The summed E-state index contributed by atoms with van der Waals surface area (Å²) in [6.07, 6.45) is -0.111. The van der Waals surface area contributed by atoms with Gasteiger partial charge in [-0.2, -0.15) is 5.26 Å². The number of aliphatic hydroxyl groups excluding tert-OH is 2. The smallest absolute Gasteiger partial charge is 0.269 e. The molecule has 2 N–H and O–H groups in total. The van der Waals surface area contributed by atoms with Crippen LogP contribution in [-0.2, 0) is 6.54 Å². The molecule has 1 unspecified atom stereocenters. The Morgan fingerprint density at radius 2 is 2.07 bits per heavy atom. The summed E-state index contributed by atoms with van der Waals surface area (Å²) in [4.78, 5) is 13.1. The van der Waals surface area contributed by atoms with Crippen molar-refractivity contribution in [2.45, 2.75) is 25.5 Å². The number of aromatic nitrogens is 1. The fraction of sp³-hybridized carbons (Fsp3) is 0.273. The van der Waals surface area contributed by atoms with E-state index >= 15 is 0 Å². The van der Waals surface area contributed by atoms with Crippen LogP contribution in [0.4, 0.5) is 4.39 Å². The van der Waals surface area contributed by atoms with Gasteiger partial charge in [0.1, 0.15) is 23.2 Å². The normalized spacial score (nSPS) is 12.0. The van der Waals surface area contributed by atoms with Gasteiger partial charge in [0.2, 0.25) is 0 Å². The van der Waals surface area contributed by atoms with Gasteiger partial charge in [-0.25, -0.2) is 4.39 Å². The second-order valence-electron chi connectivity index (χ2n) is 6.69. The number of aryl methyl sites for hydroxylation is 1. The molecule has 1 aromatic heterocycles. The number of benzene rings is 2. The highest BCUT2D eigenvalue weighted by Crippen LogP contribution is 2.33. The third kappa shape index (κ3) is 4.14. The molecule has 0 saturated carbocycles. The Kier molecular flexibility index (Phi) is 6.27. The minimum Gasteiger partial charge on any atom is -0.497 e. The molecule has 0 spiro atoms. The van der Waals surface area contributed by atoms with Gasteiger partial charge in [0, 0.05) is 17.5 Å². The van der Waals surface area contributed by atoms with Crippen LogP contribution in [0.2, 0.25) is 0 Å². The van der Waals surface area contributed by atoms with Crippen molar-refractivity contribution in [3.63, 3.8) is 0 Å². The van der Waals surface area contributed by atoms with E-state index in [1.165, 1.54) is 29.9 Å². The van der Waals surface area contributed by atoms with Crippen LogP contribution in [0.3, 0.4) is 0 Å². The zero-order chi connectivity index (χ0) is 21.0. The van der Waals surface area contributed by atoms with Gasteiger partial charge in [0.05, 0.1) is 25.3 Å². The van der Waals surface area contributed by atoms with Crippen molar-refractivity contribution in [3.05, 3.63) is 64.2 Å². The van der Waals surface area contributed by atoms with Crippen LogP contribution in [0.25, 0.3) is 22.0 Å². The number of halogens is 1. The Bertz CT molecular complexity index is 1130. The number of nitrogens with zero attached hydrogens (tertiary/aromatic N) is 2. The van der Waals surface area contributed by atoms with E-state index in [2.05, 4.69) is 0 Å². The fourth-order valence-electron chi connectivity index (χ4n) is 3.41. The molecule has 0 aliphatic heterocycles. The van der Waals surface area contributed by atoms with Crippen LogP contribution in [0.15, 0.2) is 47.3 Å². The van der Waals surface area contributed by atoms with Crippen molar-refractivity contribution in [1.29, 1.82) is 5.26 Å². The molecule has 0 radical (unpaired) electrons. The minimum absolute atomic E-state index is 0.0842. The Morgan fingerprint density at radius 1 is 1.28 bits per heavy atom. The van der Waals surface area contributed by atoms with Crippen LogP contribution in [0, 0.1) is 17.1 Å². The monoisotopic (exact) mass is 396 g/mol. The average Bonchev–Trinajstić information content (AvgIpc) is 2.73. The summed E-state index contributed by atoms with van der Waals surface area (Å²) in [5.74, 6) is 0.0737. The molecule has 2 aromatic carbocycles. The number of pyridine rings is 1. The van der Waals surface area contributed by atoms with Crippen LogP contribution < -0.4 is 10.3 Å². The highest BCUT2D eigenvalue weighted by atomic mass is 19.1. The third-order valence-corrected chi connectivity index (χ3v) is 4.83. The highest BCUT2D eigenvalue weighted by Gasteiger charge is 2.19. The number of nitriles is 1. The van der Waals surface area contributed by atoms with E-state index in [9.17, 15) is 19.6 Å². The van der Waals surface area contributed by atoms with Crippen LogP contribution in [0.5, 0.6) is 5.75 Å². The van der Waals surface area contributed by atoms with Gasteiger partial charge < -0.3 is 19.5 Å². The molecule has 1 heterocycles. The molecule has 150 valence electrons. The first-order valence-electron chi connectivity index (χ1n) is 9.19. The topological polar surface area (TPSA) is 95.5 Å². The predicted molar refractivity (Wildman–Crippen MR) is 107 cm³/mol. The van der Waals surface area contributed by atoms with Crippen LogP contribution in [0.1, 0.15) is 18.4 Å². The molecule has 29 heavy (non-hydrogen) atoms. The predicted octanol–water partition coefficient (Wildman–Crippen LogP) is 2.82. The zero-order valence-corrected chi connectivity index (χ0v) is 15.9. The first-order valence-corrected chi connectivity index (χ1v) is 9.19. The second kappa shape index (κ2) is 8.86. The van der Waals surface area contributed by atoms with E-state index in [-0.39, 0.29) is 18.7 Å². The number of methoxy groups -OCH3 is 1. The molecule has 0 aliphatic carbocycles. The van der Waals surface area contributed by atoms with E-state index in [0.29, 0.717) is 40.6 Å². The lowest BCUT2D eigenvalue weighted by atomic mass is 9.96. The molecule has 0 saturated heterocycles. The van der Waals surface area contributed by atoms with E-state index in [1.54, 1.807) is 24.3 Å². The van der Waals surface area contributed by atoms with E-state index in [4.69, 9.17) is 9.84 Å². The summed E-state index contributed by atoms with van der Waals surface area (Å²) in [5.41, 5.74) is 0.798. The number of rotatable bonds is 7. The summed E-state index contributed by atoms with van der Waals surface area (Å²) < 4.78 is 20.6. The quantitative estimate of drug-likeness (QED) is 0.640. The van der Waals surface area contributed by atoms with Crippen molar-refractivity contribution < 1.29 is 19.3 Å². The SMILES string of the molecule is COc1ccc2c(c1)c(-c1cccc(F)c1)c(C#N)c(=O)n2CCCC(O)CO. The maximum absolute atomic E-state index is 13.9. The molecule has 6 nitrogen and oxygen atoms in total. The molecule has 1 atom stereocenters. The lowest BCUT2D eigenvalue weighted by Crippen LogP contribution is -2.25. The number of ether oxygens (including phenoxy) is 1. The van der Waals surface area contributed by atoms with Crippen molar-refractivity contribution in [2.24, 2.45) is 0 Å². The Labute approximate surface area is 167 Å². The number of hydrogen-bond donors (Lipinski definition) is 2. The standard InChI is InChI=1S/C22H21FN2O4/c1-29-17-7-8-20-18(11-17)21(14-4-2-5-15(23)10-14)19(12-24)22(28)25(20)9-3-6-16(27)13-26/h2,4-5,7-8,10-11,16,26-27H,3,6,9,13H2,1H3. The minimum atomic E-state index is -0.862. The largest absolute Gasteiger partial charge is 0.497 e. The molecular formula is C22H21FN2O4. The average molecular weight is 396 g/mol. The summed E-state index contributed by atoms with van der Waals surface area (Å²) in [5, 5.41) is 28.9. The van der Waals surface area contributed by atoms with Gasteiger partial charge >= 0.3 is 0 Å². The number of fused-ring (bicyclic) bond motifs is 1. The van der Waals surface area contributed by atoms with E-state index in [1.807, 2.05) is 6.07 Å². The second-order valence-corrected chi connectivity index (χ2v) is 6.69. The lowest BCUT2D eigenvalue weighted by Gasteiger charge is -2.17. The maximum Gasteiger partial charge on any atom is 0.269 e. The summed E-state index contributed by atoms with van der Waals surface area (Å²) >= 11 is 0. The van der Waals surface area contributed by atoms with Crippen LogP contribution in [-0.4, -0.2) is 34.6 Å². The zero-order valence-electron chi connectivity index (χ0n) is 15.9. The van der Waals surface area contributed by atoms with Crippen molar-refractivity contribution in [1.82, 2.24) is 4.57 Å². The van der Waals surface area contributed by atoms with Crippen LogP contribution >= 0.6 is 0 Å². The Balaban J connectivity index is 2.27. The third-order valence-electron chi connectivity index (χ3n) is 4.83. The Morgan fingerprint density at radius 3 is 2.72 bits per heavy atom. The highest BCUT2D eigenvalue weighted by molar-refractivity contribution is 5.98. The van der Waals surface area contributed by atoms with Gasteiger partial charge in [-0.05, 0) is 48.7 Å². The van der Waals surface area contributed by atoms with E-state index in [0.717, 1.165) is 0 Å². The summed E-state index contributed by atoms with van der Waals surface area (Å²) in [6, 6.07) is 12.9. The van der Waals surface area contributed by atoms with E-state index < -0.39 is 17.5 Å². The summed E-state index contributed by atoms with van der Waals surface area (Å²) in [6.45, 7) is -0.0916. The summed E-state index contributed by atoms with van der Waals surface area (Å²) in [7, 11) is 1.51. The molecule has 3 aromatic rings. The van der Waals surface area contributed by atoms with Crippen molar-refractivity contribution >= 4 is 10.9 Å². The molecule has 3 rings (SSSR count). The molecule has 0 bridgehead atoms. The van der Waals surface area contributed by atoms with Gasteiger partial charge in [-0.3, -0.25) is 4.79 Å². The molecule has 0 aliphatic rings. The maximum atomic E-state index is 13.9. The fourth-order valence-corrected chi connectivity index (χ4v) is 3.41. The van der Waals surface area contributed by atoms with Gasteiger partial charge in [0.25, 0.3) is 5.56 Å². The van der Waals surface area contributed by atoms with Gasteiger partial charge in [-0.15, -0.1) is 0 Å². The molecule has 7 heteroatoms. The Hall–Kier alpha value is -3.21. The van der Waals surface area contributed by atoms with Gasteiger partial charge in [-0.1, -0.05) is 12.1 Å². The van der Waals surface area contributed by atoms with Crippen molar-refractivity contribution in [3.8, 4) is 22.9 Å². The number of aliphatic hydroxyl groups is 2. The molecular weight excluding hydrogens is 375 g/mol. The molecule has 0 fully saturated rings. The first kappa shape index (κ1) is 20.5. The lowest BCUT2D eigenvalue weighted by molar-refractivity contribution is 0.0856. The van der Waals surface area contributed by atoms with Crippen molar-refractivity contribution in [2.75, 3.05) is 13.7 Å². The first-order chi connectivity index (χ1) is 14.0. The van der Waals surface area contributed by atoms with Gasteiger partial charge in [0.15, 0.2) is 0 Å². The number of hydrogen-bond acceptors (Lipinski definition) is 5.